The molecular formula is C20H24N8O2. The van der Waals surface area contributed by atoms with Gasteiger partial charge in [-0.3, -0.25) is 9.13 Å². The summed E-state index contributed by atoms with van der Waals surface area (Å²) < 4.78 is 5.02. The Labute approximate surface area is 172 Å². The van der Waals surface area contributed by atoms with Gasteiger partial charge in [0.2, 0.25) is 5.95 Å². The highest BCUT2D eigenvalue weighted by Crippen LogP contribution is 2.35. The number of pyridine rings is 1. The molecule has 1 fully saturated rings. The first-order valence-corrected chi connectivity index (χ1v) is 10.1. The van der Waals surface area contributed by atoms with Crippen molar-refractivity contribution in [3.8, 4) is 0 Å². The summed E-state index contributed by atoms with van der Waals surface area (Å²) in [5.74, 6) is 0.409. The van der Waals surface area contributed by atoms with Crippen LogP contribution in [0.4, 0.5) is 11.6 Å². The van der Waals surface area contributed by atoms with Gasteiger partial charge in [0.15, 0.2) is 11.3 Å². The number of rotatable bonds is 3. The molecule has 0 atom stereocenters. The van der Waals surface area contributed by atoms with Gasteiger partial charge in [0.05, 0.1) is 23.7 Å². The van der Waals surface area contributed by atoms with E-state index in [1.165, 1.54) is 6.33 Å². The van der Waals surface area contributed by atoms with Crippen LogP contribution in [0.25, 0.3) is 16.8 Å². The number of imidazole rings is 1. The van der Waals surface area contributed by atoms with E-state index in [0.29, 0.717) is 30.0 Å². The molecule has 5 rings (SSSR count). The van der Waals surface area contributed by atoms with Gasteiger partial charge in [0.25, 0.3) is 0 Å². The summed E-state index contributed by atoms with van der Waals surface area (Å²) in [5, 5.41) is 17.7. The standard InChI is InChI=1S/C20H24N8O2/c1-12-8-16-22-11-23-27(16)10-14(12)24-18-21-9-15-17(25-18)28(19(29)26(15)3)13-4-6-20(2,30)7-5-13/h8-11,13,30H,4-7H2,1-3H3,(H,21,24,25)/t13-,20-. The van der Waals surface area contributed by atoms with Crippen molar-refractivity contribution in [3.63, 3.8) is 0 Å². The van der Waals surface area contributed by atoms with Gasteiger partial charge in [-0.15, -0.1) is 0 Å². The molecule has 0 saturated heterocycles. The first-order chi connectivity index (χ1) is 14.3. The fourth-order valence-electron chi connectivity index (χ4n) is 4.22. The smallest absolute Gasteiger partial charge is 0.330 e. The number of aromatic nitrogens is 7. The molecule has 4 aromatic rings. The maximum atomic E-state index is 12.9. The molecule has 0 bridgehead atoms. The molecule has 4 aromatic heterocycles. The first-order valence-electron chi connectivity index (χ1n) is 10.1. The molecule has 10 heteroatoms. The van der Waals surface area contributed by atoms with Crippen LogP contribution in [0.2, 0.25) is 0 Å². The van der Waals surface area contributed by atoms with E-state index in [1.807, 2.05) is 26.1 Å². The van der Waals surface area contributed by atoms with Crippen molar-refractivity contribution in [2.45, 2.75) is 51.2 Å². The molecule has 2 N–H and O–H groups in total. The molecular weight excluding hydrogens is 384 g/mol. The van der Waals surface area contributed by atoms with Crippen molar-refractivity contribution in [3.05, 3.63) is 40.8 Å². The predicted molar refractivity (Wildman–Crippen MR) is 112 cm³/mol. The van der Waals surface area contributed by atoms with E-state index in [0.717, 1.165) is 29.7 Å². The van der Waals surface area contributed by atoms with Crippen molar-refractivity contribution in [1.29, 1.82) is 0 Å². The quantitative estimate of drug-likeness (QED) is 0.533. The maximum Gasteiger partial charge on any atom is 0.330 e. The molecule has 4 heterocycles. The summed E-state index contributed by atoms with van der Waals surface area (Å²) in [6, 6.07) is 1.94. The average molecular weight is 408 g/mol. The summed E-state index contributed by atoms with van der Waals surface area (Å²) in [5.41, 5.74) is 3.08. The number of hydrogen-bond acceptors (Lipinski definition) is 7. The third-order valence-electron chi connectivity index (χ3n) is 6.10. The highest BCUT2D eigenvalue weighted by atomic mass is 16.3. The van der Waals surface area contributed by atoms with E-state index < -0.39 is 5.60 Å². The summed E-state index contributed by atoms with van der Waals surface area (Å²) in [7, 11) is 1.74. The Morgan fingerprint density at radius 2 is 2.03 bits per heavy atom. The Morgan fingerprint density at radius 1 is 1.27 bits per heavy atom. The van der Waals surface area contributed by atoms with Crippen LogP contribution in [0.1, 0.15) is 44.2 Å². The van der Waals surface area contributed by atoms with Crippen LogP contribution in [0.3, 0.4) is 0 Å². The maximum absolute atomic E-state index is 12.9. The van der Waals surface area contributed by atoms with Crippen molar-refractivity contribution >= 4 is 28.4 Å². The fraction of sp³-hybridized carbons (Fsp3) is 0.450. The third-order valence-corrected chi connectivity index (χ3v) is 6.10. The monoisotopic (exact) mass is 408 g/mol. The molecule has 0 radical (unpaired) electrons. The largest absolute Gasteiger partial charge is 0.390 e. The topological polar surface area (TPSA) is 115 Å². The Morgan fingerprint density at radius 3 is 2.80 bits per heavy atom. The molecule has 30 heavy (non-hydrogen) atoms. The van der Waals surface area contributed by atoms with Gasteiger partial charge in [-0.25, -0.2) is 19.3 Å². The van der Waals surface area contributed by atoms with Crippen LogP contribution >= 0.6 is 0 Å². The average Bonchev–Trinajstić information content (AvgIpc) is 3.25. The molecule has 0 spiro atoms. The Balaban J connectivity index is 1.54. The number of aryl methyl sites for hydroxylation is 2. The Kier molecular flexibility index (Phi) is 4.14. The normalized spacial score (nSPS) is 22.1. The van der Waals surface area contributed by atoms with Gasteiger partial charge < -0.3 is 10.4 Å². The molecule has 0 unspecified atom stereocenters. The minimum Gasteiger partial charge on any atom is -0.390 e. The first kappa shape index (κ1) is 18.7. The molecule has 1 aliphatic rings. The summed E-state index contributed by atoms with van der Waals surface area (Å²) in [6.07, 6.45) is 7.81. The zero-order chi connectivity index (χ0) is 21.0. The van der Waals surface area contributed by atoms with Gasteiger partial charge >= 0.3 is 5.69 Å². The third kappa shape index (κ3) is 3.04. The summed E-state index contributed by atoms with van der Waals surface area (Å²) in [4.78, 5) is 26.2. The predicted octanol–water partition coefficient (Wildman–Crippen LogP) is 2.09. The van der Waals surface area contributed by atoms with Crippen molar-refractivity contribution in [2.24, 2.45) is 7.05 Å². The second-order valence-corrected chi connectivity index (χ2v) is 8.40. The lowest BCUT2D eigenvalue weighted by molar-refractivity contribution is 0.00991. The van der Waals surface area contributed by atoms with Crippen molar-refractivity contribution in [1.82, 2.24) is 33.7 Å². The van der Waals surface area contributed by atoms with E-state index in [4.69, 9.17) is 0 Å². The lowest BCUT2D eigenvalue weighted by atomic mass is 9.83. The lowest BCUT2D eigenvalue weighted by Gasteiger charge is -2.33. The lowest BCUT2D eigenvalue weighted by Crippen LogP contribution is -2.35. The van der Waals surface area contributed by atoms with Crippen LogP contribution in [-0.4, -0.2) is 44.4 Å². The van der Waals surface area contributed by atoms with Gasteiger partial charge in [-0.05, 0) is 51.2 Å². The van der Waals surface area contributed by atoms with Gasteiger partial charge in [-0.1, -0.05) is 0 Å². The van der Waals surface area contributed by atoms with Crippen LogP contribution in [0, 0.1) is 6.92 Å². The number of aliphatic hydroxyl groups is 1. The van der Waals surface area contributed by atoms with Gasteiger partial charge in [0, 0.05) is 13.1 Å². The molecule has 156 valence electrons. The van der Waals surface area contributed by atoms with Gasteiger partial charge in [0.1, 0.15) is 11.8 Å². The Bertz CT molecular complexity index is 1310. The van der Waals surface area contributed by atoms with Crippen LogP contribution < -0.4 is 11.0 Å². The second kappa shape index (κ2) is 6.63. The summed E-state index contributed by atoms with van der Waals surface area (Å²) >= 11 is 0. The number of nitrogens with one attached hydrogen (secondary N) is 1. The Hall–Kier alpha value is -3.27. The van der Waals surface area contributed by atoms with Crippen LogP contribution in [0.5, 0.6) is 0 Å². The molecule has 0 aromatic carbocycles. The molecule has 1 saturated carbocycles. The van der Waals surface area contributed by atoms with Crippen molar-refractivity contribution < 1.29 is 5.11 Å². The van der Waals surface area contributed by atoms with Crippen LogP contribution in [0.15, 0.2) is 29.6 Å². The summed E-state index contributed by atoms with van der Waals surface area (Å²) in [6.45, 7) is 3.83. The second-order valence-electron chi connectivity index (χ2n) is 8.40. The van der Waals surface area contributed by atoms with E-state index in [9.17, 15) is 9.90 Å². The van der Waals surface area contributed by atoms with E-state index >= 15 is 0 Å². The zero-order valence-electron chi connectivity index (χ0n) is 17.2. The van der Waals surface area contributed by atoms with Crippen molar-refractivity contribution in [2.75, 3.05) is 5.32 Å². The molecule has 1 aliphatic carbocycles. The van der Waals surface area contributed by atoms with Crippen LogP contribution in [-0.2, 0) is 7.05 Å². The minimum atomic E-state index is -0.663. The van der Waals surface area contributed by atoms with E-state index in [1.54, 1.807) is 26.9 Å². The highest BCUT2D eigenvalue weighted by molar-refractivity contribution is 5.73. The number of hydrogen-bond donors (Lipinski definition) is 2. The van der Waals surface area contributed by atoms with E-state index in [2.05, 4.69) is 25.4 Å². The zero-order valence-corrected chi connectivity index (χ0v) is 17.2. The molecule has 0 amide bonds. The number of anilines is 2. The van der Waals surface area contributed by atoms with Gasteiger partial charge in [-0.2, -0.15) is 10.1 Å². The molecule has 10 nitrogen and oxygen atoms in total. The molecule has 0 aliphatic heterocycles. The number of fused-ring (bicyclic) bond motifs is 2. The fourth-order valence-corrected chi connectivity index (χ4v) is 4.22. The van der Waals surface area contributed by atoms with E-state index in [-0.39, 0.29) is 11.7 Å². The number of nitrogens with zero attached hydrogens (tertiary/aromatic N) is 7. The SMILES string of the molecule is Cc1cc2ncnn2cc1Nc1ncc2c(n1)n([C@H]1CC[C@](C)(O)CC1)c(=O)n2C. The minimum absolute atomic E-state index is 0.0115. The highest BCUT2D eigenvalue weighted by Gasteiger charge is 2.31.